The van der Waals surface area contributed by atoms with E-state index in [0.717, 1.165) is 5.56 Å². The second-order valence-electron chi connectivity index (χ2n) is 8.11. The number of rotatable bonds is 6. The summed E-state index contributed by atoms with van der Waals surface area (Å²) in [5.41, 5.74) is 7.08. The van der Waals surface area contributed by atoms with Crippen LogP contribution in [0, 0.1) is 23.1 Å². The van der Waals surface area contributed by atoms with Crippen molar-refractivity contribution in [3.63, 3.8) is 0 Å². The van der Waals surface area contributed by atoms with E-state index >= 15 is 0 Å². The number of nitrogens with zero attached hydrogens (tertiary/aromatic N) is 4. The number of nitrogens with one attached hydrogen (secondary N) is 1. The minimum atomic E-state index is -1.09. The van der Waals surface area contributed by atoms with Gasteiger partial charge in [-0.1, -0.05) is 30.3 Å². The molecule has 1 aromatic heterocycles. The molecule has 3 aromatic rings. The Labute approximate surface area is 195 Å². The zero-order valence-corrected chi connectivity index (χ0v) is 18.1. The van der Waals surface area contributed by atoms with E-state index in [1.807, 2.05) is 30.3 Å². The number of aromatic nitrogens is 2. The first-order valence-electron chi connectivity index (χ1n) is 10.7. The summed E-state index contributed by atoms with van der Waals surface area (Å²) in [6.45, 7) is 0.210. The number of primary amides is 1. The molecule has 0 bridgehead atoms. The molecular formula is C24H23FN6O3. The van der Waals surface area contributed by atoms with Crippen molar-refractivity contribution in [2.75, 3.05) is 11.9 Å². The lowest BCUT2D eigenvalue weighted by molar-refractivity contribution is 0.0670. The SMILES string of the molecule is N#C[C@H]1C(Cc2ccccc2)N(C(=O)O)CC[C@H]1n1cc(C(N)=O)c(Nc2ccc(F)cc2)n1. The van der Waals surface area contributed by atoms with Gasteiger partial charge in [-0.25, -0.2) is 9.18 Å². The molecule has 1 aliphatic heterocycles. The van der Waals surface area contributed by atoms with E-state index in [9.17, 15) is 24.3 Å². The number of carboxylic acid groups (broad SMARTS) is 1. The minimum Gasteiger partial charge on any atom is -0.465 e. The normalized spacial score (nSPS) is 19.9. The third kappa shape index (κ3) is 4.68. The van der Waals surface area contributed by atoms with Gasteiger partial charge in [0.1, 0.15) is 11.4 Å². The number of carbonyl (C=O) groups excluding carboxylic acids is 1. The maximum atomic E-state index is 13.2. The third-order valence-electron chi connectivity index (χ3n) is 6.02. The molecule has 2 aromatic carbocycles. The second-order valence-corrected chi connectivity index (χ2v) is 8.11. The topological polar surface area (TPSA) is 137 Å². The molecule has 4 rings (SSSR count). The molecule has 174 valence electrons. The van der Waals surface area contributed by atoms with Gasteiger partial charge in [-0.3, -0.25) is 9.48 Å². The minimum absolute atomic E-state index is 0.112. The molecule has 1 fully saturated rings. The van der Waals surface area contributed by atoms with Crippen molar-refractivity contribution in [3.05, 3.63) is 77.7 Å². The molecule has 0 spiro atoms. The van der Waals surface area contributed by atoms with Crippen LogP contribution in [0.3, 0.4) is 0 Å². The van der Waals surface area contributed by atoms with Gasteiger partial charge in [0.2, 0.25) is 0 Å². The summed E-state index contributed by atoms with van der Waals surface area (Å²) in [7, 11) is 0. The number of benzene rings is 2. The largest absolute Gasteiger partial charge is 0.465 e. The molecule has 34 heavy (non-hydrogen) atoms. The van der Waals surface area contributed by atoms with Crippen LogP contribution in [0.5, 0.6) is 0 Å². The summed E-state index contributed by atoms with van der Waals surface area (Å²) in [5, 5.41) is 27.3. The van der Waals surface area contributed by atoms with E-state index in [4.69, 9.17) is 5.73 Å². The van der Waals surface area contributed by atoms with Crippen molar-refractivity contribution in [1.82, 2.24) is 14.7 Å². The Hall–Kier alpha value is -4.39. The zero-order chi connectivity index (χ0) is 24.2. The summed E-state index contributed by atoms with van der Waals surface area (Å²) in [6, 6.07) is 16.1. The van der Waals surface area contributed by atoms with Gasteiger partial charge in [0.25, 0.3) is 5.91 Å². The lowest BCUT2D eigenvalue weighted by atomic mass is 9.82. The van der Waals surface area contributed by atoms with Crippen molar-refractivity contribution in [2.24, 2.45) is 11.7 Å². The molecular weight excluding hydrogens is 439 g/mol. The van der Waals surface area contributed by atoms with Crippen LogP contribution < -0.4 is 11.1 Å². The Morgan fingerprint density at radius 2 is 1.91 bits per heavy atom. The first-order valence-corrected chi connectivity index (χ1v) is 10.7. The quantitative estimate of drug-likeness (QED) is 0.512. The van der Waals surface area contributed by atoms with Crippen molar-refractivity contribution < 1.29 is 19.1 Å². The number of anilines is 2. The van der Waals surface area contributed by atoms with E-state index in [0.29, 0.717) is 18.5 Å². The Morgan fingerprint density at radius 1 is 1.21 bits per heavy atom. The summed E-state index contributed by atoms with van der Waals surface area (Å²) in [4.78, 5) is 25.3. The van der Waals surface area contributed by atoms with E-state index in [-0.39, 0.29) is 17.9 Å². The highest BCUT2D eigenvalue weighted by Gasteiger charge is 2.42. The first-order chi connectivity index (χ1) is 16.4. The van der Waals surface area contributed by atoms with E-state index in [1.54, 1.807) is 0 Å². The zero-order valence-electron chi connectivity index (χ0n) is 18.1. The van der Waals surface area contributed by atoms with Crippen LogP contribution in [0.4, 0.5) is 20.7 Å². The van der Waals surface area contributed by atoms with Crippen molar-refractivity contribution in [2.45, 2.75) is 24.9 Å². The first kappa shape index (κ1) is 22.8. The fraction of sp³-hybridized carbons (Fsp3) is 0.250. The summed E-state index contributed by atoms with van der Waals surface area (Å²) in [5.74, 6) is -1.66. The van der Waals surface area contributed by atoms with Crippen LogP contribution in [0.2, 0.25) is 0 Å². The van der Waals surface area contributed by atoms with Gasteiger partial charge >= 0.3 is 6.09 Å². The second kappa shape index (κ2) is 9.62. The molecule has 10 heteroatoms. The molecule has 1 unspecified atom stereocenters. The van der Waals surface area contributed by atoms with Crippen molar-refractivity contribution in [3.8, 4) is 6.07 Å². The van der Waals surface area contributed by atoms with Crippen molar-refractivity contribution in [1.29, 1.82) is 5.26 Å². The lowest BCUT2D eigenvalue weighted by Crippen LogP contribution is -2.52. The predicted molar refractivity (Wildman–Crippen MR) is 122 cm³/mol. The standard InChI is InChI=1S/C24H23FN6O3/c25-16-6-8-17(9-7-16)28-23-19(22(27)32)14-31(29-23)20-10-11-30(24(33)34)21(18(20)13-26)12-15-4-2-1-3-5-15/h1-9,14,18,20-21H,10-12H2,(H2,27,32)(H,28,29)(H,33,34)/t18-,20-,21?/m1/s1. The predicted octanol–water partition coefficient (Wildman–Crippen LogP) is 3.54. The molecule has 9 nitrogen and oxygen atoms in total. The molecule has 0 saturated carbocycles. The van der Waals surface area contributed by atoms with Gasteiger partial charge in [0.05, 0.1) is 24.1 Å². The molecule has 1 saturated heterocycles. The van der Waals surface area contributed by atoms with Gasteiger partial charge in [-0.15, -0.1) is 0 Å². The Kier molecular flexibility index (Phi) is 6.45. The van der Waals surface area contributed by atoms with Gasteiger partial charge in [-0.05, 0) is 42.7 Å². The number of nitrogens with two attached hydrogens (primary N) is 1. The van der Waals surface area contributed by atoms with E-state index in [1.165, 1.54) is 40.0 Å². The monoisotopic (exact) mass is 462 g/mol. The molecule has 2 amide bonds. The average molecular weight is 462 g/mol. The highest BCUT2D eigenvalue weighted by atomic mass is 19.1. The number of halogens is 1. The van der Waals surface area contributed by atoms with E-state index in [2.05, 4.69) is 16.5 Å². The summed E-state index contributed by atoms with van der Waals surface area (Å²) in [6.07, 6.45) is 1.09. The van der Waals surface area contributed by atoms with Crippen LogP contribution >= 0.6 is 0 Å². The number of amides is 2. The Bertz CT molecular complexity index is 1220. The number of nitriles is 1. The Balaban J connectivity index is 1.67. The van der Waals surface area contributed by atoms with Gasteiger partial charge < -0.3 is 21.1 Å². The number of hydrogen-bond donors (Lipinski definition) is 3. The molecule has 4 N–H and O–H groups in total. The number of piperidine rings is 1. The third-order valence-corrected chi connectivity index (χ3v) is 6.02. The number of carbonyl (C=O) groups is 2. The summed E-state index contributed by atoms with van der Waals surface area (Å²) < 4.78 is 14.8. The average Bonchev–Trinajstić information content (AvgIpc) is 3.24. The van der Waals surface area contributed by atoms with E-state index < -0.39 is 35.8 Å². The van der Waals surface area contributed by atoms with Crippen LogP contribution in [-0.4, -0.2) is 44.4 Å². The van der Waals surface area contributed by atoms with Crippen LogP contribution in [0.15, 0.2) is 60.8 Å². The maximum absolute atomic E-state index is 13.2. The smallest absolute Gasteiger partial charge is 0.407 e. The van der Waals surface area contributed by atoms with Crippen molar-refractivity contribution >= 4 is 23.5 Å². The van der Waals surface area contributed by atoms with Crippen LogP contribution in [-0.2, 0) is 6.42 Å². The highest BCUT2D eigenvalue weighted by Crippen LogP contribution is 2.35. The fourth-order valence-electron chi connectivity index (χ4n) is 4.37. The van der Waals surface area contributed by atoms with Crippen LogP contribution in [0.25, 0.3) is 0 Å². The molecule has 0 aliphatic carbocycles. The summed E-state index contributed by atoms with van der Waals surface area (Å²) >= 11 is 0. The molecule has 2 heterocycles. The van der Waals surface area contributed by atoms with Gasteiger partial charge in [-0.2, -0.15) is 10.4 Å². The van der Waals surface area contributed by atoms with Gasteiger partial charge in [0.15, 0.2) is 5.82 Å². The molecule has 0 radical (unpaired) electrons. The highest BCUT2D eigenvalue weighted by molar-refractivity contribution is 5.98. The van der Waals surface area contributed by atoms with Gasteiger partial charge in [0, 0.05) is 18.4 Å². The van der Waals surface area contributed by atoms with Crippen LogP contribution in [0.1, 0.15) is 28.4 Å². The number of likely N-dealkylation sites (tertiary alicyclic amines) is 1. The Morgan fingerprint density at radius 3 is 2.53 bits per heavy atom. The lowest BCUT2D eigenvalue weighted by Gasteiger charge is -2.41. The molecule has 3 atom stereocenters. The molecule has 1 aliphatic rings. The fourth-order valence-corrected chi connectivity index (χ4v) is 4.37. The number of hydrogen-bond acceptors (Lipinski definition) is 5. The maximum Gasteiger partial charge on any atom is 0.407 e.